The monoisotopic (exact) mass is 344 g/mol. The summed E-state index contributed by atoms with van der Waals surface area (Å²) in [6.07, 6.45) is 5.73. The van der Waals surface area contributed by atoms with Gasteiger partial charge in [-0.2, -0.15) is 0 Å². The smallest absolute Gasteiger partial charge is 0.128 e. The zero-order valence-electron chi connectivity index (χ0n) is 14.9. The lowest BCUT2D eigenvalue weighted by atomic mass is 10.0. The zero-order valence-corrected chi connectivity index (χ0v) is 14.9. The van der Waals surface area contributed by atoms with Crippen LogP contribution in [-0.2, 0) is 0 Å². The van der Waals surface area contributed by atoms with Gasteiger partial charge in [-0.15, -0.1) is 0 Å². The zero-order chi connectivity index (χ0) is 16.8. The molecule has 4 heterocycles. The predicted molar refractivity (Wildman–Crippen MR) is 94.0 cm³/mol. The molecule has 4 fully saturated rings. The molecular weight excluding hydrogens is 310 g/mol. The van der Waals surface area contributed by atoms with E-state index in [-0.39, 0.29) is 12.1 Å². The van der Waals surface area contributed by atoms with Gasteiger partial charge in [-0.1, -0.05) is 0 Å². The third-order valence-corrected chi connectivity index (χ3v) is 5.97. The molecule has 4 rings (SSSR count). The molecule has 0 unspecified atom stereocenters. The molecule has 6 heteroatoms. The second-order valence-corrected chi connectivity index (χ2v) is 7.64. The maximum absolute atomic E-state index is 13.4. The van der Waals surface area contributed by atoms with Crippen LogP contribution in [0, 0.1) is 0 Å². The first-order valence-electron chi connectivity index (χ1n) is 9.93. The molecule has 4 aliphatic rings. The van der Waals surface area contributed by atoms with Crippen molar-refractivity contribution in [2.75, 3.05) is 52.4 Å². The van der Waals surface area contributed by atoms with Crippen molar-refractivity contribution in [3.8, 4) is 0 Å². The number of nitrogens with zero attached hydrogens (tertiary/aromatic N) is 2. The highest BCUT2D eigenvalue weighted by Crippen LogP contribution is 2.21. The molecule has 4 aliphatic heterocycles. The van der Waals surface area contributed by atoms with Crippen molar-refractivity contribution in [3.63, 3.8) is 0 Å². The Morgan fingerprint density at radius 3 is 1.33 bits per heavy atom. The Morgan fingerprint density at radius 1 is 0.625 bits per heavy atom. The third kappa shape index (κ3) is 4.87. The van der Waals surface area contributed by atoms with Crippen LogP contribution in [0.15, 0.2) is 0 Å². The molecule has 0 saturated carbocycles. The fourth-order valence-corrected chi connectivity index (χ4v) is 4.58. The van der Waals surface area contributed by atoms with Crippen molar-refractivity contribution in [1.29, 1.82) is 0 Å². The first-order valence-corrected chi connectivity index (χ1v) is 9.93. The molecule has 4 nitrogen and oxygen atoms in total. The minimum Gasteiger partial charge on any atom is -0.314 e. The summed E-state index contributed by atoms with van der Waals surface area (Å²) in [5.41, 5.74) is 0. The Morgan fingerprint density at radius 2 is 1.00 bits per heavy atom. The average Bonchev–Trinajstić information content (AvgIpc) is 3.30. The van der Waals surface area contributed by atoms with Crippen molar-refractivity contribution in [1.82, 2.24) is 20.4 Å². The average molecular weight is 344 g/mol. The normalized spacial score (nSPS) is 38.8. The minimum atomic E-state index is -0.642. The number of piperidine rings is 2. The summed E-state index contributed by atoms with van der Waals surface area (Å²) < 4.78 is 26.8. The van der Waals surface area contributed by atoms with Gasteiger partial charge in [-0.25, -0.2) is 8.78 Å². The van der Waals surface area contributed by atoms with Gasteiger partial charge in [0.1, 0.15) is 12.3 Å². The standard InChI is InChI=1S/2C9H17FN2/c2*10-8-7-11-4-3-9(8)12-5-1-2-6-12/h2*8-9,11H,1-7H2/t2*8-,9+/m10/s1. The van der Waals surface area contributed by atoms with Crippen LogP contribution >= 0.6 is 0 Å². The van der Waals surface area contributed by atoms with E-state index in [0.717, 1.165) is 52.1 Å². The predicted octanol–water partition coefficient (Wildman–Crippen LogP) is 1.56. The first kappa shape index (κ1) is 18.5. The molecule has 0 amide bonds. The van der Waals surface area contributed by atoms with Crippen LogP contribution in [0.25, 0.3) is 0 Å². The van der Waals surface area contributed by atoms with Crippen LogP contribution in [0.1, 0.15) is 38.5 Å². The van der Waals surface area contributed by atoms with Gasteiger partial charge in [0.25, 0.3) is 0 Å². The molecule has 2 N–H and O–H groups in total. The SMILES string of the molecule is F[C@@H]1CNCC[C@@H]1N1CCCC1.F[C@H]1CNCC[C@H]1N1CCCC1. The van der Waals surface area contributed by atoms with Crippen LogP contribution in [-0.4, -0.2) is 86.6 Å². The Kier molecular flexibility index (Phi) is 7.25. The van der Waals surface area contributed by atoms with Gasteiger partial charge in [0.2, 0.25) is 0 Å². The maximum Gasteiger partial charge on any atom is 0.128 e. The van der Waals surface area contributed by atoms with E-state index >= 15 is 0 Å². The lowest BCUT2D eigenvalue weighted by molar-refractivity contribution is 0.104. The second-order valence-electron chi connectivity index (χ2n) is 7.64. The number of hydrogen-bond donors (Lipinski definition) is 2. The van der Waals surface area contributed by atoms with Crippen molar-refractivity contribution >= 4 is 0 Å². The van der Waals surface area contributed by atoms with E-state index in [2.05, 4.69) is 20.4 Å². The molecule has 0 aromatic carbocycles. The van der Waals surface area contributed by atoms with Crippen LogP contribution in [0.4, 0.5) is 8.78 Å². The van der Waals surface area contributed by atoms with Gasteiger partial charge >= 0.3 is 0 Å². The Balaban J connectivity index is 0.000000141. The Labute approximate surface area is 145 Å². The quantitative estimate of drug-likeness (QED) is 0.796. The number of nitrogens with one attached hydrogen (secondary N) is 2. The number of rotatable bonds is 2. The molecule has 140 valence electrons. The van der Waals surface area contributed by atoms with E-state index < -0.39 is 12.3 Å². The summed E-state index contributed by atoms with van der Waals surface area (Å²) in [5, 5.41) is 6.17. The highest BCUT2D eigenvalue weighted by atomic mass is 19.1. The summed E-state index contributed by atoms with van der Waals surface area (Å²) in [6, 6.07) is 0.433. The number of likely N-dealkylation sites (tertiary alicyclic amines) is 2. The number of alkyl halides is 2. The van der Waals surface area contributed by atoms with Crippen LogP contribution in [0.3, 0.4) is 0 Å². The Hall–Kier alpha value is -0.300. The fourth-order valence-electron chi connectivity index (χ4n) is 4.58. The summed E-state index contributed by atoms with van der Waals surface area (Å²) in [6.45, 7) is 7.55. The lowest BCUT2D eigenvalue weighted by Gasteiger charge is -2.33. The third-order valence-electron chi connectivity index (χ3n) is 5.97. The fraction of sp³-hybridized carbons (Fsp3) is 1.00. The molecule has 0 aromatic heterocycles. The molecule has 4 saturated heterocycles. The van der Waals surface area contributed by atoms with Crippen molar-refractivity contribution in [3.05, 3.63) is 0 Å². The summed E-state index contributed by atoms with van der Waals surface area (Å²) in [5.74, 6) is 0. The summed E-state index contributed by atoms with van der Waals surface area (Å²) >= 11 is 0. The lowest BCUT2D eigenvalue weighted by Crippen LogP contribution is -2.50. The highest BCUT2D eigenvalue weighted by Gasteiger charge is 2.32. The van der Waals surface area contributed by atoms with E-state index in [4.69, 9.17) is 0 Å². The molecule has 24 heavy (non-hydrogen) atoms. The van der Waals surface area contributed by atoms with Crippen LogP contribution in [0.2, 0.25) is 0 Å². The van der Waals surface area contributed by atoms with E-state index in [1.54, 1.807) is 0 Å². The molecule has 0 aromatic rings. The second kappa shape index (κ2) is 9.41. The van der Waals surface area contributed by atoms with Gasteiger partial charge in [0.15, 0.2) is 0 Å². The topological polar surface area (TPSA) is 30.5 Å². The largest absolute Gasteiger partial charge is 0.314 e. The van der Waals surface area contributed by atoms with Crippen LogP contribution in [0.5, 0.6) is 0 Å². The summed E-state index contributed by atoms with van der Waals surface area (Å²) in [7, 11) is 0. The van der Waals surface area contributed by atoms with Crippen molar-refractivity contribution in [2.45, 2.75) is 63.0 Å². The Bertz CT molecular complexity index is 325. The van der Waals surface area contributed by atoms with E-state index in [9.17, 15) is 8.78 Å². The first-order chi connectivity index (χ1) is 11.8. The highest BCUT2D eigenvalue weighted by molar-refractivity contribution is 4.88. The molecule has 0 radical (unpaired) electrons. The number of hydrogen-bond acceptors (Lipinski definition) is 4. The van der Waals surface area contributed by atoms with Gasteiger partial charge in [-0.05, 0) is 77.8 Å². The van der Waals surface area contributed by atoms with E-state index in [1.165, 1.54) is 25.7 Å². The van der Waals surface area contributed by atoms with Gasteiger partial charge in [-0.3, -0.25) is 9.80 Å². The number of halogens is 2. The molecule has 0 spiro atoms. The van der Waals surface area contributed by atoms with Gasteiger partial charge in [0, 0.05) is 25.2 Å². The molecular formula is C18H34F2N4. The van der Waals surface area contributed by atoms with E-state index in [0.29, 0.717) is 13.1 Å². The summed E-state index contributed by atoms with van der Waals surface area (Å²) in [4.78, 5) is 4.65. The van der Waals surface area contributed by atoms with Crippen LogP contribution < -0.4 is 10.6 Å². The van der Waals surface area contributed by atoms with E-state index in [1.807, 2.05) is 0 Å². The minimum absolute atomic E-state index is 0.216. The van der Waals surface area contributed by atoms with Crippen molar-refractivity contribution in [2.24, 2.45) is 0 Å². The maximum atomic E-state index is 13.4. The van der Waals surface area contributed by atoms with Gasteiger partial charge in [0.05, 0.1) is 0 Å². The molecule has 4 atom stereocenters. The molecule has 0 aliphatic carbocycles. The van der Waals surface area contributed by atoms with Crippen molar-refractivity contribution < 1.29 is 8.78 Å². The van der Waals surface area contributed by atoms with Gasteiger partial charge < -0.3 is 10.6 Å². The molecule has 0 bridgehead atoms.